The summed E-state index contributed by atoms with van der Waals surface area (Å²) in [6, 6.07) is 0. The van der Waals surface area contributed by atoms with Crippen LogP contribution in [0, 0.1) is 0 Å². The van der Waals surface area contributed by atoms with E-state index < -0.39 is 0 Å². The van der Waals surface area contributed by atoms with Gasteiger partial charge in [-0.05, 0) is 19.3 Å². The lowest BCUT2D eigenvalue weighted by molar-refractivity contribution is -0.127. The standard InChI is InChI=1S/C9H14O2/c1-2-3-5-8(10)9-6-4-7-11-9/h2,9H,1,3-7H2/t9-/m0/s1. The summed E-state index contributed by atoms with van der Waals surface area (Å²) in [4.78, 5) is 11.2. The molecule has 0 saturated carbocycles. The molecule has 0 N–H and O–H groups in total. The number of rotatable bonds is 4. The maximum absolute atomic E-state index is 11.2. The van der Waals surface area contributed by atoms with E-state index in [-0.39, 0.29) is 11.9 Å². The third kappa shape index (κ3) is 2.46. The summed E-state index contributed by atoms with van der Waals surface area (Å²) in [5.41, 5.74) is 0. The van der Waals surface area contributed by atoms with Crippen molar-refractivity contribution < 1.29 is 9.53 Å². The second kappa shape index (κ2) is 4.29. The Kier molecular flexibility index (Phi) is 3.30. The molecule has 1 fully saturated rings. The Morgan fingerprint density at radius 1 is 1.73 bits per heavy atom. The van der Waals surface area contributed by atoms with Crippen molar-refractivity contribution in [2.24, 2.45) is 0 Å². The number of carbonyl (C=O) groups excluding carboxylic acids is 1. The van der Waals surface area contributed by atoms with E-state index in [4.69, 9.17) is 4.74 Å². The van der Waals surface area contributed by atoms with E-state index in [0.717, 1.165) is 25.9 Å². The lowest BCUT2D eigenvalue weighted by Crippen LogP contribution is -2.18. The quantitative estimate of drug-likeness (QED) is 0.576. The number of allylic oxidation sites excluding steroid dienone is 1. The zero-order chi connectivity index (χ0) is 8.10. The van der Waals surface area contributed by atoms with Crippen molar-refractivity contribution in [3.8, 4) is 0 Å². The highest BCUT2D eigenvalue weighted by Gasteiger charge is 2.22. The second-order valence-electron chi connectivity index (χ2n) is 2.80. The highest BCUT2D eigenvalue weighted by molar-refractivity contribution is 5.83. The van der Waals surface area contributed by atoms with Crippen molar-refractivity contribution in [1.29, 1.82) is 0 Å². The van der Waals surface area contributed by atoms with Crippen LogP contribution in [0.1, 0.15) is 25.7 Å². The number of hydrogen-bond donors (Lipinski definition) is 0. The molecular formula is C9H14O2. The molecule has 0 amide bonds. The molecule has 1 atom stereocenters. The summed E-state index contributed by atoms with van der Waals surface area (Å²) >= 11 is 0. The third-order valence-electron chi connectivity index (χ3n) is 1.88. The molecule has 1 aliphatic rings. The SMILES string of the molecule is C=CCCC(=O)[C@@H]1CCCO1. The molecule has 11 heavy (non-hydrogen) atoms. The molecule has 0 aromatic heterocycles. The Morgan fingerprint density at radius 2 is 2.55 bits per heavy atom. The topological polar surface area (TPSA) is 26.3 Å². The lowest BCUT2D eigenvalue weighted by atomic mass is 10.1. The average Bonchev–Trinajstić information content (AvgIpc) is 2.52. The number of hydrogen-bond acceptors (Lipinski definition) is 2. The first-order valence-corrected chi connectivity index (χ1v) is 4.10. The summed E-state index contributed by atoms with van der Waals surface area (Å²) < 4.78 is 5.23. The van der Waals surface area contributed by atoms with Gasteiger partial charge in [-0.2, -0.15) is 0 Å². The van der Waals surface area contributed by atoms with E-state index in [1.165, 1.54) is 0 Å². The van der Waals surface area contributed by atoms with Crippen LogP contribution in [0.3, 0.4) is 0 Å². The second-order valence-corrected chi connectivity index (χ2v) is 2.80. The predicted octanol–water partition coefficient (Wildman–Crippen LogP) is 1.70. The molecule has 1 aliphatic heterocycles. The van der Waals surface area contributed by atoms with Crippen molar-refractivity contribution in [2.45, 2.75) is 31.8 Å². The van der Waals surface area contributed by atoms with Gasteiger partial charge < -0.3 is 4.74 Å². The van der Waals surface area contributed by atoms with Crippen LogP contribution < -0.4 is 0 Å². The molecule has 0 aromatic carbocycles. The van der Waals surface area contributed by atoms with Crippen LogP contribution >= 0.6 is 0 Å². The summed E-state index contributed by atoms with van der Waals surface area (Å²) in [6.45, 7) is 4.32. The molecule has 0 aromatic rings. The van der Waals surface area contributed by atoms with E-state index in [9.17, 15) is 4.79 Å². The van der Waals surface area contributed by atoms with Crippen LogP contribution in [0.15, 0.2) is 12.7 Å². The molecule has 0 spiro atoms. The van der Waals surface area contributed by atoms with Gasteiger partial charge >= 0.3 is 0 Å². The van der Waals surface area contributed by atoms with Gasteiger partial charge in [0.25, 0.3) is 0 Å². The number of ketones is 1. The number of ether oxygens (including phenoxy) is 1. The minimum absolute atomic E-state index is 0.102. The summed E-state index contributed by atoms with van der Waals surface area (Å²) in [5.74, 6) is 0.238. The fraction of sp³-hybridized carbons (Fsp3) is 0.667. The van der Waals surface area contributed by atoms with Gasteiger partial charge in [0.15, 0.2) is 5.78 Å². The fourth-order valence-electron chi connectivity index (χ4n) is 1.24. The van der Waals surface area contributed by atoms with Gasteiger partial charge in [-0.25, -0.2) is 0 Å². The van der Waals surface area contributed by atoms with Crippen molar-refractivity contribution in [1.82, 2.24) is 0 Å². The Hall–Kier alpha value is -0.630. The summed E-state index contributed by atoms with van der Waals surface area (Å²) in [7, 11) is 0. The van der Waals surface area contributed by atoms with Crippen molar-refractivity contribution in [3.05, 3.63) is 12.7 Å². The highest BCUT2D eigenvalue weighted by Crippen LogP contribution is 2.14. The molecule has 0 unspecified atom stereocenters. The van der Waals surface area contributed by atoms with Gasteiger partial charge in [0.1, 0.15) is 6.10 Å². The van der Waals surface area contributed by atoms with Gasteiger partial charge in [-0.3, -0.25) is 4.79 Å². The van der Waals surface area contributed by atoms with Crippen LogP contribution in [-0.4, -0.2) is 18.5 Å². The van der Waals surface area contributed by atoms with Crippen molar-refractivity contribution in [2.75, 3.05) is 6.61 Å². The molecule has 2 nitrogen and oxygen atoms in total. The number of carbonyl (C=O) groups is 1. The van der Waals surface area contributed by atoms with Gasteiger partial charge in [-0.15, -0.1) is 6.58 Å². The molecule has 1 rings (SSSR count). The molecule has 1 saturated heterocycles. The van der Waals surface area contributed by atoms with Gasteiger partial charge in [0.05, 0.1) is 0 Å². The minimum Gasteiger partial charge on any atom is -0.370 e. The fourth-order valence-corrected chi connectivity index (χ4v) is 1.24. The monoisotopic (exact) mass is 154 g/mol. The Morgan fingerprint density at radius 3 is 3.09 bits per heavy atom. The molecule has 1 heterocycles. The van der Waals surface area contributed by atoms with Crippen LogP contribution in [0.4, 0.5) is 0 Å². The smallest absolute Gasteiger partial charge is 0.161 e. The average molecular weight is 154 g/mol. The first-order valence-electron chi connectivity index (χ1n) is 4.10. The Labute approximate surface area is 67.2 Å². The predicted molar refractivity (Wildman–Crippen MR) is 43.4 cm³/mol. The van der Waals surface area contributed by atoms with Crippen LogP contribution in [0.5, 0.6) is 0 Å². The maximum Gasteiger partial charge on any atom is 0.161 e. The normalized spacial score (nSPS) is 23.5. The van der Waals surface area contributed by atoms with Crippen LogP contribution in [-0.2, 0) is 9.53 Å². The minimum atomic E-state index is -0.102. The lowest BCUT2D eigenvalue weighted by Gasteiger charge is -2.05. The largest absolute Gasteiger partial charge is 0.370 e. The van der Waals surface area contributed by atoms with Crippen molar-refractivity contribution in [3.63, 3.8) is 0 Å². The van der Waals surface area contributed by atoms with Crippen molar-refractivity contribution >= 4 is 5.78 Å². The summed E-state index contributed by atoms with van der Waals surface area (Å²) in [5, 5.41) is 0. The zero-order valence-electron chi connectivity index (χ0n) is 6.71. The Balaban J connectivity index is 2.22. The molecule has 62 valence electrons. The van der Waals surface area contributed by atoms with E-state index in [1.807, 2.05) is 0 Å². The first-order chi connectivity index (χ1) is 5.34. The summed E-state index contributed by atoms with van der Waals surface area (Å²) in [6.07, 6.45) is 4.98. The van der Waals surface area contributed by atoms with E-state index in [1.54, 1.807) is 6.08 Å². The van der Waals surface area contributed by atoms with E-state index in [2.05, 4.69) is 6.58 Å². The molecule has 0 aliphatic carbocycles. The molecule has 0 bridgehead atoms. The van der Waals surface area contributed by atoms with Gasteiger partial charge in [0, 0.05) is 13.0 Å². The van der Waals surface area contributed by atoms with Crippen LogP contribution in [0.2, 0.25) is 0 Å². The van der Waals surface area contributed by atoms with Gasteiger partial charge in [-0.1, -0.05) is 6.08 Å². The van der Waals surface area contributed by atoms with Crippen LogP contribution in [0.25, 0.3) is 0 Å². The third-order valence-corrected chi connectivity index (χ3v) is 1.88. The first kappa shape index (κ1) is 8.47. The molecule has 0 radical (unpaired) electrons. The Bertz CT molecular complexity index is 146. The number of Topliss-reactive ketones (excluding diaryl/α,β-unsaturated/α-hetero) is 1. The molecular weight excluding hydrogens is 140 g/mol. The van der Waals surface area contributed by atoms with Gasteiger partial charge in [0.2, 0.25) is 0 Å². The van der Waals surface area contributed by atoms with E-state index >= 15 is 0 Å². The van der Waals surface area contributed by atoms with E-state index in [0.29, 0.717) is 6.42 Å². The zero-order valence-corrected chi connectivity index (χ0v) is 6.71. The maximum atomic E-state index is 11.2. The molecule has 2 heteroatoms. The highest BCUT2D eigenvalue weighted by atomic mass is 16.5.